The summed E-state index contributed by atoms with van der Waals surface area (Å²) in [7, 11) is 7.44. The Morgan fingerprint density at radius 3 is 2.64 bits per heavy atom. The molecule has 2 aromatic heterocycles. The number of hydrogen-bond donors (Lipinski definition) is 1. The molecule has 1 aliphatic rings. The first-order chi connectivity index (χ1) is 12.0. The van der Waals surface area contributed by atoms with Crippen LogP contribution in [0.3, 0.4) is 0 Å². The van der Waals surface area contributed by atoms with Crippen molar-refractivity contribution < 1.29 is 4.79 Å². The third kappa shape index (κ3) is 3.82. The normalized spacial score (nSPS) is 17.7. The minimum atomic E-state index is -0.00522. The summed E-state index contributed by atoms with van der Waals surface area (Å²) in [5, 5.41) is 8.73. The molecule has 0 aliphatic carbocycles. The molecule has 0 bridgehead atoms. The number of carbonyl (C=O) groups is 1. The third-order valence-corrected chi connectivity index (χ3v) is 4.59. The van der Waals surface area contributed by atoms with E-state index in [9.17, 15) is 4.79 Å². The number of rotatable bonds is 5. The molecule has 3 heterocycles. The molecule has 1 amide bonds. The van der Waals surface area contributed by atoms with Gasteiger partial charge in [-0.3, -0.25) is 9.69 Å². The summed E-state index contributed by atoms with van der Waals surface area (Å²) in [5.74, 6) is 0.860. The average Bonchev–Trinajstić information content (AvgIpc) is 3.24. The fourth-order valence-electron chi connectivity index (χ4n) is 3.22. The van der Waals surface area contributed by atoms with Gasteiger partial charge in [0.2, 0.25) is 0 Å². The number of nitrogens with zero attached hydrogens (tertiary/aromatic N) is 5. The Morgan fingerprint density at radius 2 is 2.00 bits per heavy atom. The number of hydrogen-bond acceptors (Lipinski definition) is 5. The predicted octanol–water partition coefficient (Wildman–Crippen LogP) is 1.91. The Bertz CT molecular complexity index is 721. The van der Waals surface area contributed by atoms with E-state index in [1.54, 1.807) is 19.0 Å². The van der Waals surface area contributed by atoms with Crippen LogP contribution < -0.4 is 4.90 Å². The minimum absolute atomic E-state index is 0.00522. The molecule has 0 radical (unpaired) electrons. The molecule has 7 heteroatoms. The molecule has 1 unspecified atom stereocenters. The Morgan fingerprint density at radius 1 is 1.20 bits per heavy atom. The molecule has 0 saturated carbocycles. The summed E-state index contributed by atoms with van der Waals surface area (Å²) in [6.07, 6.45) is 2.23. The number of amides is 1. The van der Waals surface area contributed by atoms with Gasteiger partial charge in [-0.25, -0.2) is 0 Å². The summed E-state index contributed by atoms with van der Waals surface area (Å²) >= 11 is 0. The van der Waals surface area contributed by atoms with Gasteiger partial charge in [-0.1, -0.05) is 0 Å². The lowest BCUT2D eigenvalue weighted by Crippen LogP contribution is -2.25. The maximum absolute atomic E-state index is 12.0. The first-order valence-corrected chi connectivity index (χ1v) is 8.60. The smallest absolute Gasteiger partial charge is 0.269 e. The van der Waals surface area contributed by atoms with E-state index >= 15 is 0 Å². The van der Waals surface area contributed by atoms with Crippen LogP contribution >= 0.6 is 0 Å². The van der Waals surface area contributed by atoms with Crippen LogP contribution in [0.1, 0.15) is 40.8 Å². The highest BCUT2D eigenvalue weighted by molar-refractivity contribution is 5.92. The molecule has 3 rings (SSSR count). The number of aromatic amines is 1. The molecule has 1 atom stereocenters. The van der Waals surface area contributed by atoms with Gasteiger partial charge >= 0.3 is 0 Å². The monoisotopic (exact) mass is 342 g/mol. The summed E-state index contributed by atoms with van der Waals surface area (Å²) in [5.41, 5.74) is 2.69. The Labute approximate surface area is 148 Å². The average molecular weight is 342 g/mol. The van der Waals surface area contributed by atoms with Crippen LogP contribution in [0, 0.1) is 0 Å². The van der Waals surface area contributed by atoms with Crippen molar-refractivity contribution in [3.63, 3.8) is 0 Å². The quantitative estimate of drug-likeness (QED) is 0.899. The van der Waals surface area contributed by atoms with Crippen molar-refractivity contribution in [1.29, 1.82) is 0 Å². The molecule has 0 aromatic carbocycles. The topological polar surface area (TPSA) is 68.4 Å². The highest BCUT2D eigenvalue weighted by Crippen LogP contribution is 2.32. The van der Waals surface area contributed by atoms with Crippen LogP contribution in [0.2, 0.25) is 0 Å². The first kappa shape index (κ1) is 17.4. The van der Waals surface area contributed by atoms with Crippen molar-refractivity contribution in [2.24, 2.45) is 0 Å². The molecule has 0 spiro atoms. The van der Waals surface area contributed by atoms with Gasteiger partial charge in [0.05, 0.1) is 11.7 Å². The fourth-order valence-corrected chi connectivity index (χ4v) is 3.22. The maximum Gasteiger partial charge on any atom is 0.269 e. The van der Waals surface area contributed by atoms with Gasteiger partial charge < -0.3 is 14.8 Å². The second-order valence-corrected chi connectivity index (χ2v) is 6.94. The lowest BCUT2D eigenvalue weighted by atomic mass is 10.1. The summed E-state index contributed by atoms with van der Waals surface area (Å²) in [4.78, 5) is 21.2. The second-order valence-electron chi connectivity index (χ2n) is 6.94. The zero-order valence-electron chi connectivity index (χ0n) is 15.4. The van der Waals surface area contributed by atoms with Crippen LogP contribution in [0.4, 0.5) is 5.82 Å². The SMILES string of the molecule is CN(C)C(=O)c1ccc(CN2CCCC2c2ccc(N(C)C)nn2)[nH]1. The van der Waals surface area contributed by atoms with Gasteiger partial charge in [0.15, 0.2) is 5.82 Å². The molecule has 7 nitrogen and oxygen atoms in total. The Balaban J connectivity index is 1.71. The van der Waals surface area contributed by atoms with E-state index in [2.05, 4.69) is 26.1 Å². The molecular formula is C18H26N6O. The summed E-state index contributed by atoms with van der Waals surface area (Å²) in [6.45, 7) is 1.81. The van der Waals surface area contributed by atoms with E-state index in [1.807, 2.05) is 37.2 Å². The van der Waals surface area contributed by atoms with Gasteiger partial charge in [0, 0.05) is 40.4 Å². The Kier molecular flexibility index (Phi) is 5.03. The Hall–Kier alpha value is -2.41. The molecule has 1 N–H and O–H groups in total. The van der Waals surface area contributed by atoms with Crippen LogP contribution in [-0.2, 0) is 6.54 Å². The molecule has 25 heavy (non-hydrogen) atoms. The zero-order valence-corrected chi connectivity index (χ0v) is 15.4. The maximum atomic E-state index is 12.0. The molecule has 2 aromatic rings. The van der Waals surface area contributed by atoms with Crippen molar-refractivity contribution in [3.8, 4) is 0 Å². The van der Waals surface area contributed by atoms with Crippen molar-refractivity contribution >= 4 is 11.7 Å². The standard InChI is InChI=1S/C18H26N6O/c1-22(2)17-10-9-14(20-21-17)16-6-5-11-24(16)12-13-7-8-15(19-13)18(25)23(3)4/h7-10,16,19H,5-6,11-12H2,1-4H3. The first-order valence-electron chi connectivity index (χ1n) is 8.60. The molecule has 134 valence electrons. The van der Waals surface area contributed by atoms with E-state index < -0.39 is 0 Å². The van der Waals surface area contributed by atoms with Gasteiger partial charge in [0.1, 0.15) is 5.69 Å². The van der Waals surface area contributed by atoms with Crippen molar-refractivity contribution in [1.82, 2.24) is 25.0 Å². The largest absolute Gasteiger partial charge is 0.361 e. The molecular weight excluding hydrogens is 316 g/mol. The third-order valence-electron chi connectivity index (χ3n) is 4.59. The van der Waals surface area contributed by atoms with Crippen LogP contribution in [0.25, 0.3) is 0 Å². The molecule has 1 aliphatic heterocycles. The van der Waals surface area contributed by atoms with Crippen molar-refractivity contribution in [2.75, 3.05) is 39.6 Å². The number of aromatic nitrogens is 3. The fraction of sp³-hybridized carbons (Fsp3) is 0.500. The number of carbonyl (C=O) groups excluding carboxylic acids is 1. The van der Waals surface area contributed by atoms with Gasteiger partial charge in [-0.05, 0) is 43.7 Å². The summed E-state index contributed by atoms with van der Waals surface area (Å²) in [6, 6.07) is 8.21. The van der Waals surface area contributed by atoms with Gasteiger partial charge in [0.25, 0.3) is 5.91 Å². The number of anilines is 1. The second kappa shape index (κ2) is 7.23. The van der Waals surface area contributed by atoms with E-state index in [0.717, 1.165) is 43.1 Å². The lowest BCUT2D eigenvalue weighted by molar-refractivity contribution is 0.0822. The zero-order chi connectivity index (χ0) is 18.0. The minimum Gasteiger partial charge on any atom is -0.361 e. The van der Waals surface area contributed by atoms with Crippen molar-refractivity contribution in [3.05, 3.63) is 41.3 Å². The van der Waals surface area contributed by atoms with Gasteiger partial charge in [-0.2, -0.15) is 5.10 Å². The predicted molar refractivity (Wildman–Crippen MR) is 97.6 cm³/mol. The van der Waals surface area contributed by atoms with E-state index in [4.69, 9.17) is 0 Å². The van der Waals surface area contributed by atoms with E-state index in [0.29, 0.717) is 5.69 Å². The van der Waals surface area contributed by atoms with E-state index in [-0.39, 0.29) is 11.9 Å². The van der Waals surface area contributed by atoms with Crippen LogP contribution in [0.15, 0.2) is 24.3 Å². The summed E-state index contributed by atoms with van der Waals surface area (Å²) < 4.78 is 0. The highest BCUT2D eigenvalue weighted by Gasteiger charge is 2.28. The molecule has 1 fully saturated rings. The van der Waals surface area contributed by atoms with E-state index in [1.165, 1.54) is 0 Å². The van der Waals surface area contributed by atoms with Crippen molar-refractivity contribution in [2.45, 2.75) is 25.4 Å². The number of nitrogens with one attached hydrogen (secondary N) is 1. The molecule has 1 saturated heterocycles. The van der Waals surface area contributed by atoms with Crippen LogP contribution in [0.5, 0.6) is 0 Å². The van der Waals surface area contributed by atoms with Crippen LogP contribution in [-0.4, -0.2) is 65.6 Å². The number of likely N-dealkylation sites (tertiary alicyclic amines) is 1. The lowest BCUT2D eigenvalue weighted by Gasteiger charge is -2.23. The highest BCUT2D eigenvalue weighted by atomic mass is 16.2. The van der Waals surface area contributed by atoms with Gasteiger partial charge in [-0.15, -0.1) is 5.10 Å². The number of H-pyrrole nitrogens is 1.